The maximum absolute atomic E-state index is 12.0. The first-order chi connectivity index (χ1) is 15.4. The molecule has 0 spiro atoms. The van der Waals surface area contributed by atoms with Crippen molar-refractivity contribution in [1.29, 1.82) is 0 Å². The van der Waals surface area contributed by atoms with Gasteiger partial charge in [0, 0.05) is 14.1 Å². The maximum atomic E-state index is 12.0. The average molecular weight is 422 g/mol. The molecule has 1 amide bonds. The van der Waals surface area contributed by atoms with E-state index >= 15 is 0 Å². The molecule has 9 heteroatoms. The van der Waals surface area contributed by atoms with Crippen LogP contribution in [0.15, 0.2) is 59.4 Å². The fraction of sp³-hybridized carbons (Fsp3) is 0.217. The van der Waals surface area contributed by atoms with E-state index in [2.05, 4.69) is 10.1 Å². The second kappa shape index (κ2) is 9.03. The molecule has 0 atom stereocenters. The number of fused-ring (bicyclic) bond motifs is 1. The van der Waals surface area contributed by atoms with Gasteiger partial charge in [-0.05, 0) is 5.56 Å². The topological polar surface area (TPSA) is 99.0 Å². The molecule has 32 heavy (non-hydrogen) atoms. The molecular formula is C23H23LiN6O2. The minimum atomic E-state index is -0.114. The molecule has 2 aromatic carbocycles. The Labute approximate surface area is 194 Å². The Morgan fingerprint density at radius 1 is 1.09 bits per heavy atom. The first-order valence-electron chi connectivity index (χ1n) is 10.5. The van der Waals surface area contributed by atoms with Gasteiger partial charge in [-0.2, -0.15) is 0 Å². The summed E-state index contributed by atoms with van der Waals surface area (Å²) in [6, 6.07) is 17.1. The number of anilines is 1. The molecule has 0 bridgehead atoms. The number of imidazole rings is 1. The second-order valence-electron chi connectivity index (χ2n) is 7.92. The number of likely N-dealkylation sites (N-methyl/N-ethyl adjacent to an activating group) is 1. The first kappa shape index (κ1) is 21.9. The van der Waals surface area contributed by atoms with Gasteiger partial charge >= 0.3 is 153 Å². The van der Waals surface area contributed by atoms with Crippen LogP contribution in [0.5, 0.6) is 0 Å². The summed E-state index contributed by atoms with van der Waals surface area (Å²) in [5, 5.41) is 4.96. The van der Waals surface area contributed by atoms with E-state index in [1.165, 1.54) is 4.68 Å². The number of rotatable bonds is 6. The standard InChI is InChI=1S/C23H23N6O2.Li/c1-27(2)22(31)13-15-7-9-20-19(12-15)25-23(24)29(20)14-16-5-4-6-17(11-16)18-8-10-21(30)28(3)26-18;/h4-12H,3,13-14H2,1-2H3,(H2,24,25);. The van der Waals surface area contributed by atoms with Crippen molar-refractivity contribution in [3.05, 3.63) is 76.1 Å². The van der Waals surface area contributed by atoms with Gasteiger partial charge in [0.25, 0.3) is 0 Å². The van der Waals surface area contributed by atoms with Crippen LogP contribution in [0.25, 0.3) is 22.3 Å². The van der Waals surface area contributed by atoms with Crippen LogP contribution in [-0.2, 0) is 23.0 Å². The SMILES string of the molecule is [Li][CH2]n1nc(-c2cccc(Cn3c(N)nc4cc(CC(=O)N(C)C)ccc43)c2)ccc1=O. The summed E-state index contributed by atoms with van der Waals surface area (Å²) in [6.45, 7) is 0.541. The van der Waals surface area contributed by atoms with Crippen LogP contribution < -0.4 is 11.3 Å². The molecule has 0 unspecified atom stereocenters. The van der Waals surface area contributed by atoms with Crippen LogP contribution in [-0.4, -0.2) is 61.9 Å². The van der Waals surface area contributed by atoms with E-state index in [-0.39, 0.29) is 11.5 Å². The molecule has 2 N–H and O–H groups in total. The van der Waals surface area contributed by atoms with Crippen molar-refractivity contribution in [2.45, 2.75) is 18.2 Å². The van der Waals surface area contributed by atoms with E-state index in [0.717, 1.165) is 33.4 Å². The zero-order valence-electron chi connectivity index (χ0n) is 18.4. The zero-order valence-corrected chi connectivity index (χ0v) is 18.4. The van der Waals surface area contributed by atoms with Crippen LogP contribution in [0.1, 0.15) is 11.1 Å². The predicted octanol–water partition coefficient (Wildman–Crippen LogP) is 1.65. The molecule has 4 rings (SSSR count). The third-order valence-electron chi connectivity index (χ3n) is 5.43. The van der Waals surface area contributed by atoms with Crippen LogP contribution in [0.3, 0.4) is 0 Å². The quantitative estimate of drug-likeness (QED) is 0.477. The normalized spacial score (nSPS) is 11.1. The number of nitrogens with two attached hydrogens (primary N) is 1. The van der Waals surface area contributed by atoms with Crippen LogP contribution >= 0.6 is 0 Å². The van der Waals surface area contributed by atoms with Crippen molar-refractivity contribution < 1.29 is 4.79 Å². The third kappa shape index (κ3) is 4.47. The van der Waals surface area contributed by atoms with Gasteiger partial charge in [-0.25, -0.2) is 0 Å². The number of hydrogen-bond acceptors (Lipinski definition) is 5. The molecule has 0 aliphatic rings. The number of aromatic nitrogens is 4. The van der Waals surface area contributed by atoms with Crippen molar-refractivity contribution >= 4 is 40.6 Å². The number of hydrogen-bond donors (Lipinski definition) is 1. The Hall–Kier alpha value is -3.34. The fourth-order valence-electron chi connectivity index (χ4n) is 3.64. The predicted molar refractivity (Wildman–Crippen MR) is 125 cm³/mol. The monoisotopic (exact) mass is 422 g/mol. The molecule has 0 radical (unpaired) electrons. The molecular weight excluding hydrogens is 399 g/mol. The molecule has 0 aliphatic carbocycles. The van der Waals surface area contributed by atoms with Gasteiger partial charge in [-0.3, -0.25) is 4.79 Å². The second-order valence-corrected chi connectivity index (χ2v) is 7.92. The summed E-state index contributed by atoms with van der Waals surface area (Å²) in [6.07, 6.45) is 0.324. The van der Waals surface area contributed by atoms with Gasteiger partial charge in [0.05, 0.1) is 6.42 Å². The molecule has 0 saturated heterocycles. The Balaban J connectivity index is 1.64. The van der Waals surface area contributed by atoms with Gasteiger partial charge in [-0.1, -0.05) is 0 Å². The minimum absolute atomic E-state index is 0.0385. The van der Waals surface area contributed by atoms with E-state index < -0.39 is 0 Å². The summed E-state index contributed by atoms with van der Waals surface area (Å²) < 4.78 is 3.40. The number of nitrogen functional groups attached to an aromatic ring is 1. The molecule has 158 valence electrons. The number of carbonyl (C=O) groups is 1. The van der Waals surface area contributed by atoms with Gasteiger partial charge in [0.15, 0.2) is 0 Å². The third-order valence-corrected chi connectivity index (χ3v) is 5.43. The fourth-order valence-corrected chi connectivity index (χ4v) is 3.64. The van der Waals surface area contributed by atoms with Crippen LogP contribution in [0.2, 0.25) is 0 Å². The molecule has 0 aliphatic heterocycles. The zero-order chi connectivity index (χ0) is 22.8. The summed E-state index contributed by atoms with van der Waals surface area (Å²) in [4.78, 5) is 29.9. The van der Waals surface area contributed by atoms with E-state index in [4.69, 9.17) is 5.73 Å². The van der Waals surface area contributed by atoms with Crippen molar-refractivity contribution in [2.75, 3.05) is 19.8 Å². The first-order valence-corrected chi connectivity index (χ1v) is 10.5. The summed E-state index contributed by atoms with van der Waals surface area (Å²) >= 11 is 1.89. The molecule has 0 fully saturated rings. The Morgan fingerprint density at radius 2 is 1.91 bits per heavy atom. The van der Waals surface area contributed by atoms with E-state index in [9.17, 15) is 9.59 Å². The van der Waals surface area contributed by atoms with Gasteiger partial charge in [-0.15, -0.1) is 0 Å². The van der Waals surface area contributed by atoms with E-state index in [1.54, 1.807) is 31.1 Å². The van der Waals surface area contributed by atoms with Crippen LogP contribution in [0.4, 0.5) is 5.95 Å². The average Bonchev–Trinajstić information content (AvgIpc) is 3.08. The van der Waals surface area contributed by atoms with Gasteiger partial charge in [0.2, 0.25) is 5.91 Å². The molecule has 0 saturated carbocycles. The molecule has 4 aromatic rings. The number of nitrogens with zero attached hydrogens (tertiary/aromatic N) is 5. The summed E-state index contributed by atoms with van der Waals surface area (Å²) in [5.74, 6) is 0.454. The summed E-state index contributed by atoms with van der Waals surface area (Å²) in [7, 11) is 3.49. The van der Waals surface area contributed by atoms with E-state index in [0.29, 0.717) is 24.1 Å². The van der Waals surface area contributed by atoms with Crippen molar-refractivity contribution in [1.82, 2.24) is 24.2 Å². The van der Waals surface area contributed by atoms with Crippen molar-refractivity contribution in [3.8, 4) is 11.3 Å². The Kier molecular flexibility index (Phi) is 6.17. The van der Waals surface area contributed by atoms with Crippen molar-refractivity contribution in [3.63, 3.8) is 0 Å². The number of amides is 1. The Bertz CT molecular complexity index is 1360. The summed E-state index contributed by atoms with van der Waals surface area (Å²) in [5.41, 5.74) is 11.4. The van der Waals surface area contributed by atoms with Gasteiger partial charge < -0.3 is 4.90 Å². The molecule has 2 heterocycles. The van der Waals surface area contributed by atoms with Crippen LogP contribution in [0, 0.1) is 0 Å². The molecule has 2 aromatic heterocycles. The van der Waals surface area contributed by atoms with Crippen molar-refractivity contribution in [2.24, 2.45) is 0 Å². The van der Waals surface area contributed by atoms with Gasteiger partial charge in [0.1, 0.15) is 0 Å². The number of carbonyl (C=O) groups excluding carboxylic acids is 1. The Morgan fingerprint density at radius 3 is 2.66 bits per heavy atom. The van der Waals surface area contributed by atoms with E-state index in [1.807, 2.05) is 64.7 Å². The molecule has 8 nitrogen and oxygen atoms in total. The number of benzene rings is 2.